The fraction of sp³-hybridized carbons (Fsp3) is 0.296. The Balaban J connectivity index is 1.51. The minimum atomic E-state index is -0.549. The van der Waals surface area contributed by atoms with Gasteiger partial charge in [0.05, 0.1) is 0 Å². The van der Waals surface area contributed by atoms with E-state index in [-0.39, 0.29) is 17.2 Å². The minimum Gasteiger partial charge on any atom is -0.352 e. The molecule has 2 aromatic carbocycles. The monoisotopic (exact) mass is 458 g/mol. The van der Waals surface area contributed by atoms with Crippen molar-refractivity contribution >= 4 is 11.8 Å². The molecule has 2 amide bonds. The molecule has 3 aromatic rings. The molecule has 0 spiro atoms. The van der Waals surface area contributed by atoms with Gasteiger partial charge in [-0.3, -0.25) is 19.3 Å². The third-order valence-corrected chi connectivity index (χ3v) is 5.97. The number of hydrogen-bond donors (Lipinski definition) is 2. The number of pyridine rings is 1. The highest BCUT2D eigenvalue weighted by Crippen LogP contribution is 2.14. The molecule has 0 radical (unpaired) electrons. The van der Waals surface area contributed by atoms with Crippen molar-refractivity contribution in [3.05, 3.63) is 106 Å². The second kappa shape index (κ2) is 10.9. The molecule has 2 N–H and O–H groups in total. The highest BCUT2D eigenvalue weighted by atomic mass is 16.2. The van der Waals surface area contributed by atoms with Crippen LogP contribution in [0, 0.1) is 0 Å². The van der Waals surface area contributed by atoms with Gasteiger partial charge in [-0.1, -0.05) is 60.7 Å². The van der Waals surface area contributed by atoms with Crippen molar-refractivity contribution in [2.24, 2.45) is 0 Å². The summed E-state index contributed by atoms with van der Waals surface area (Å²) in [5, 5.41) is 5.69. The molecule has 34 heavy (non-hydrogen) atoms. The predicted octanol–water partition coefficient (Wildman–Crippen LogP) is 2.65. The van der Waals surface area contributed by atoms with Crippen LogP contribution in [0.2, 0.25) is 0 Å². The van der Waals surface area contributed by atoms with Crippen molar-refractivity contribution in [1.82, 2.24) is 20.1 Å². The van der Waals surface area contributed by atoms with Gasteiger partial charge in [-0.25, -0.2) is 0 Å². The van der Waals surface area contributed by atoms with Gasteiger partial charge in [0.15, 0.2) is 0 Å². The van der Waals surface area contributed by atoms with E-state index in [2.05, 4.69) is 27.7 Å². The van der Waals surface area contributed by atoms with E-state index in [9.17, 15) is 14.4 Å². The number of carbonyl (C=O) groups excluding carboxylic acids is 2. The van der Waals surface area contributed by atoms with Gasteiger partial charge in [0.25, 0.3) is 11.8 Å². The SMILES string of the molecule is CCNC(=O)c1cn(Cc2ccccc2)cc(C(=O)NC2CCN(Cc3ccccc3)C2)c1=O. The van der Waals surface area contributed by atoms with Crippen LogP contribution in [-0.4, -0.2) is 47.0 Å². The summed E-state index contributed by atoms with van der Waals surface area (Å²) in [5.41, 5.74) is 1.65. The zero-order chi connectivity index (χ0) is 23.9. The van der Waals surface area contributed by atoms with Crippen molar-refractivity contribution in [2.75, 3.05) is 19.6 Å². The molecule has 7 heteroatoms. The van der Waals surface area contributed by atoms with Gasteiger partial charge in [0.1, 0.15) is 11.1 Å². The predicted molar refractivity (Wildman–Crippen MR) is 132 cm³/mol. The lowest BCUT2D eigenvalue weighted by molar-refractivity contribution is 0.0935. The first-order chi connectivity index (χ1) is 16.5. The van der Waals surface area contributed by atoms with Crippen molar-refractivity contribution in [3.8, 4) is 0 Å². The number of likely N-dealkylation sites (tertiary alicyclic amines) is 1. The summed E-state index contributed by atoms with van der Waals surface area (Å²) in [7, 11) is 0. The smallest absolute Gasteiger partial charge is 0.257 e. The lowest BCUT2D eigenvalue weighted by Gasteiger charge is -2.17. The second-order valence-corrected chi connectivity index (χ2v) is 8.61. The maximum atomic E-state index is 13.1. The Labute approximate surface area is 199 Å². The van der Waals surface area contributed by atoms with E-state index >= 15 is 0 Å². The Bertz CT molecular complexity index is 1190. The average Bonchev–Trinajstić information content (AvgIpc) is 3.28. The molecule has 1 unspecified atom stereocenters. The van der Waals surface area contributed by atoms with E-state index in [1.54, 1.807) is 17.7 Å². The quantitative estimate of drug-likeness (QED) is 0.544. The molecule has 1 atom stereocenters. The summed E-state index contributed by atoms with van der Waals surface area (Å²) < 4.78 is 1.73. The van der Waals surface area contributed by atoms with Gasteiger partial charge >= 0.3 is 0 Å². The second-order valence-electron chi connectivity index (χ2n) is 8.61. The summed E-state index contributed by atoms with van der Waals surface area (Å²) in [6.07, 6.45) is 3.88. The summed E-state index contributed by atoms with van der Waals surface area (Å²) >= 11 is 0. The molecule has 2 heterocycles. The molecule has 0 bridgehead atoms. The van der Waals surface area contributed by atoms with Gasteiger partial charge in [-0.2, -0.15) is 0 Å². The summed E-state index contributed by atoms with van der Waals surface area (Å²) in [4.78, 5) is 41.0. The summed E-state index contributed by atoms with van der Waals surface area (Å²) in [6, 6.07) is 19.9. The van der Waals surface area contributed by atoms with E-state index in [1.807, 2.05) is 48.5 Å². The number of rotatable bonds is 8. The Morgan fingerprint density at radius 1 is 0.882 bits per heavy atom. The molecule has 1 fully saturated rings. The number of carbonyl (C=O) groups is 2. The van der Waals surface area contributed by atoms with Crippen LogP contribution < -0.4 is 16.1 Å². The number of aromatic nitrogens is 1. The first kappa shape index (κ1) is 23.4. The first-order valence-electron chi connectivity index (χ1n) is 11.7. The zero-order valence-electron chi connectivity index (χ0n) is 19.4. The van der Waals surface area contributed by atoms with E-state index in [0.29, 0.717) is 13.1 Å². The van der Waals surface area contributed by atoms with E-state index in [4.69, 9.17) is 0 Å². The van der Waals surface area contributed by atoms with Crippen molar-refractivity contribution in [2.45, 2.75) is 32.5 Å². The van der Waals surface area contributed by atoms with Crippen molar-refractivity contribution < 1.29 is 9.59 Å². The molecule has 1 aromatic heterocycles. The van der Waals surface area contributed by atoms with Gasteiger partial charge in [0.2, 0.25) is 5.43 Å². The highest BCUT2D eigenvalue weighted by Gasteiger charge is 2.26. The van der Waals surface area contributed by atoms with Crippen molar-refractivity contribution in [3.63, 3.8) is 0 Å². The topological polar surface area (TPSA) is 83.4 Å². The number of amides is 2. The fourth-order valence-electron chi connectivity index (χ4n) is 4.29. The Hall–Kier alpha value is -3.71. The molecular formula is C27H30N4O3. The fourth-order valence-corrected chi connectivity index (χ4v) is 4.29. The number of hydrogen-bond acceptors (Lipinski definition) is 4. The maximum absolute atomic E-state index is 13.1. The highest BCUT2D eigenvalue weighted by molar-refractivity contribution is 5.99. The third kappa shape index (κ3) is 5.80. The van der Waals surface area contributed by atoms with E-state index in [1.165, 1.54) is 11.8 Å². The number of nitrogens with zero attached hydrogens (tertiary/aromatic N) is 2. The van der Waals surface area contributed by atoms with Gasteiger partial charge in [-0.05, 0) is 24.5 Å². The molecule has 0 aliphatic carbocycles. The molecule has 1 aliphatic rings. The van der Waals surface area contributed by atoms with E-state index in [0.717, 1.165) is 31.6 Å². The normalized spacial score (nSPS) is 15.7. The van der Waals surface area contributed by atoms with Crippen LogP contribution in [0.5, 0.6) is 0 Å². The van der Waals surface area contributed by atoms with Crippen LogP contribution in [0.4, 0.5) is 0 Å². The summed E-state index contributed by atoms with van der Waals surface area (Å²) in [5.74, 6) is -0.914. The van der Waals surface area contributed by atoms with Crippen LogP contribution in [0.25, 0.3) is 0 Å². The van der Waals surface area contributed by atoms with Crippen LogP contribution in [0.3, 0.4) is 0 Å². The summed E-state index contributed by atoms with van der Waals surface area (Å²) in [6.45, 7) is 5.04. The largest absolute Gasteiger partial charge is 0.352 e. The molecule has 1 saturated heterocycles. The van der Waals surface area contributed by atoms with E-state index < -0.39 is 17.2 Å². The Kier molecular flexibility index (Phi) is 7.54. The van der Waals surface area contributed by atoms with Crippen LogP contribution in [-0.2, 0) is 13.1 Å². The van der Waals surface area contributed by atoms with Crippen LogP contribution in [0.15, 0.2) is 77.9 Å². The molecule has 0 saturated carbocycles. The molecule has 176 valence electrons. The van der Waals surface area contributed by atoms with Gasteiger partial charge in [-0.15, -0.1) is 0 Å². The standard InChI is InChI=1S/C27H30N4O3/c1-2-28-26(33)23-18-31(16-21-11-7-4-8-12-21)19-24(25(23)32)27(34)29-22-13-14-30(17-22)15-20-9-5-3-6-10-20/h3-12,18-19,22H,2,13-17H2,1H3,(H,28,33)(H,29,34). The Morgan fingerprint density at radius 3 is 2.09 bits per heavy atom. The number of benzene rings is 2. The van der Waals surface area contributed by atoms with Gasteiger partial charge < -0.3 is 15.2 Å². The van der Waals surface area contributed by atoms with Crippen LogP contribution >= 0.6 is 0 Å². The Morgan fingerprint density at radius 2 is 1.47 bits per heavy atom. The first-order valence-corrected chi connectivity index (χ1v) is 11.7. The molecular weight excluding hydrogens is 428 g/mol. The zero-order valence-corrected chi connectivity index (χ0v) is 19.4. The molecule has 7 nitrogen and oxygen atoms in total. The third-order valence-electron chi connectivity index (χ3n) is 5.97. The van der Waals surface area contributed by atoms with Crippen LogP contribution in [0.1, 0.15) is 45.2 Å². The minimum absolute atomic E-state index is 0.0128. The lowest BCUT2D eigenvalue weighted by atomic mass is 10.1. The average molecular weight is 459 g/mol. The maximum Gasteiger partial charge on any atom is 0.257 e. The lowest BCUT2D eigenvalue weighted by Crippen LogP contribution is -2.40. The molecule has 1 aliphatic heterocycles. The van der Waals surface area contributed by atoms with Crippen molar-refractivity contribution in [1.29, 1.82) is 0 Å². The molecule has 4 rings (SSSR count). The number of nitrogens with one attached hydrogen (secondary N) is 2. The van der Waals surface area contributed by atoms with Gasteiger partial charge in [0, 0.05) is 51.2 Å².